The number of H-pyrrole nitrogens is 1. The van der Waals surface area contributed by atoms with E-state index in [9.17, 15) is 4.79 Å². The van der Waals surface area contributed by atoms with Crippen molar-refractivity contribution in [1.29, 1.82) is 0 Å². The highest BCUT2D eigenvalue weighted by Crippen LogP contribution is 2.51. The SMILES string of the molecule is O=C(NC1CCCC1)C1(c2c[nH]c3ccc(Cl)cc23)CC1. The third kappa shape index (κ3) is 2.15. The van der Waals surface area contributed by atoms with E-state index in [0.717, 1.165) is 47.2 Å². The van der Waals surface area contributed by atoms with Crippen molar-refractivity contribution in [3.63, 3.8) is 0 Å². The molecule has 2 N–H and O–H groups in total. The third-order valence-corrected chi connectivity index (χ3v) is 5.27. The van der Waals surface area contributed by atoms with Crippen molar-refractivity contribution in [1.82, 2.24) is 10.3 Å². The number of aromatic amines is 1. The van der Waals surface area contributed by atoms with E-state index in [1.165, 1.54) is 12.8 Å². The molecular weight excluding hydrogens is 284 g/mol. The van der Waals surface area contributed by atoms with E-state index < -0.39 is 0 Å². The lowest BCUT2D eigenvalue weighted by Crippen LogP contribution is -2.40. The summed E-state index contributed by atoms with van der Waals surface area (Å²) >= 11 is 6.12. The Morgan fingerprint density at radius 3 is 2.76 bits per heavy atom. The number of amides is 1. The Hall–Kier alpha value is -1.48. The first kappa shape index (κ1) is 13.2. The molecule has 2 saturated carbocycles. The normalized spacial score (nSPS) is 20.8. The van der Waals surface area contributed by atoms with E-state index in [2.05, 4.69) is 10.3 Å². The molecule has 0 atom stereocenters. The number of hydrogen-bond acceptors (Lipinski definition) is 1. The van der Waals surface area contributed by atoms with Gasteiger partial charge >= 0.3 is 0 Å². The Balaban J connectivity index is 1.66. The fourth-order valence-electron chi connectivity index (χ4n) is 3.63. The summed E-state index contributed by atoms with van der Waals surface area (Å²) in [5.74, 6) is 0.204. The van der Waals surface area contributed by atoms with Crippen LogP contribution in [0.4, 0.5) is 0 Å². The molecule has 1 heterocycles. The number of carbonyl (C=O) groups excluding carboxylic acids is 1. The van der Waals surface area contributed by atoms with Crippen molar-refractivity contribution in [3.8, 4) is 0 Å². The second kappa shape index (κ2) is 4.77. The molecule has 0 aliphatic heterocycles. The van der Waals surface area contributed by atoms with Crippen molar-refractivity contribution in [2.75, 3.05) is 0 Å². The molecule has 0 unspecified atom stereocenters. The Labute approximate surface area is 129 Å². The first-order chi connectivity index (χ1) is 10.2. The van der Waals surface area contributed by atoms with E-state index >= 15 is 0 Å². The lowest BCUT2D eigenvalue weighted by atomic mass is 9.94. The van der Waals surface area contributed by atoms with Crippen LogP contribution >= 0.6 is 11.6 Å². The number of aromatic nitrogens is 1. The van der Waals surface area contributed by atoms with Gasteiger partial charge in [0.2, 0.25) is 5.91 Å². The molecule has 2 aromatic rings. The second-order valence-electron chi connectivity index (χ2n) is 6.43. The lowest BCUT2D eigenvalue weighted by molar-refractivity contribution is -0.124. The van der Waals surface area contributed by atoms with Crippen molar-refractivity contribution in [2.24, 2.45) is 0 Å². The van der Waals surface area contributed by atoms with Crippen LogP contribution in [0.5, 0.6) is 0 Å². The van der Waals surface area contributed by atoms with E-state index in [4.69, 9.17) is 11.6 Å². The van der Waals surface area contributed by atoms with Gasteiger partial charge in [0.1, 0.15) is 0 Å². The van der Waals surface area contributed by atoms with Crippen LogP contribution < -0.4 is 5.32 Å². The molecule has 110 valence electrons. The summed E-state index contributed by atoms with van der Waals surface area (Å²) < 4.78 is 0. The zero-order valence-corrected chi connectivity index (χ0v) is 12.7. The zero-order valence-electron chi connectivity index (χ0n) is 11.9. The second-order valence-corrected chi connectivity index (χ2v) is 6.87. The first-order valence-electron chi connectivity index (χ1n) is 7.77. The maximum atomic E-state index is 12.8. The average Bonchev–Trinajstić information content (AvgIpc) is 2.93. The molecule has 1 aromatic heterocycles. The number of fused-ring (bicyclic) bond motifs is 1. The highest BCUT2D eigenvalue weighted by Gasteiger charge is 2.52. The average molecular weight is 303 g/mol. The Morgan fingerprint density at radius 2 is 2.05 bits per heavy atom. The molecule has 0 spiro atoms. The highest BCUT2D eigenvalue weighted by molar-refractivity contribution is 6.31. The van der Waals surface area contributed by atoms with Crippen LogP contribution in [0.3, 0.4) is 0 Å². The van der Waals surface area contributed by atoms with Crippen LogP contribution in [0, 0.1) is 0 Å². The van der Waals surface area contributed by atoms with Crippen LogP contribution in [0.2, 0.25) is 5.02 Å². The van der Waals surface area contributed by atoms with Gasteiger partial charge in [-0.15, -0.1) is 0 Å². The Morgan fingerprint density at radius 1 is 1.29 bits per heavy atom. The van der Waals surface area contributed by atoms with Crippen molar-refractivity contribution in [2.45, 2.75) is 50.0 Å². The van der Waals surface area contributed by atoms with Crippen LogP contribution in [0.15, 0.2) is 24.4 Å². The van der Waals surface area contributed by atoms with Gasteiger partial charge in [0, 0.05) is 28.2 Å². The van der Waals surface area contributed by atoms with Crippen molar-refractivity contribution < 1.29 is 4.79 Å². The summed E-state index contributed by atoms with van der Waals surface area (Å²) in [6.45, 7) is 0. The van der Waals surface area contributed by atoms with E-state index in [1.54, 1.807) is 0 Å². The minimum atomic E-state index is -0.328. The molecule has 0 saturated heterocycles. The summed E-state index contributed by atoms with van der Waals surface area (Å²) in [6.07, 6.45) is 8.59. The maximum absolute atomic E-state index is 12.8. The van der Waals surface area contributed by atoms with Gasteiger partial charge in [-0.25, -0.2) is 0 Å². The molecule has 4 heteroatoms. The molecule has 2 aliphatic rings. The Kier molecular flexibility index (Phi) is 3.00. The van der Waals surface area contributed by atoms with Gasteiger partial charge in [-0.1, -0.05) is 24.4 Å². The summed E-state index contributed by atoms with van der Waals surface area (Å²) in [7, 11) is 0. The highest BCUT2D eigenvalue weighted by atomic mass is 35.5. The van der Waals surface area contributed by atoms with Crippen molar-refractivity contribution >= 4 is 28.4 Å². The fraction of sp³-hybridized carbons (Fsp3) is 0.471. The standard InChI is InChI=1S/C17H19ClN2O/c18-11-5-6-15-13(9-11)14(10-19-15)17(7-8-17)16(21)20-12-3-1-2-4-12/h5-6,9-10,12,19H,1-4,7-8H2,(H,20,21). The van der Waals surface area contributed by atoms with E-state index in [-0.39, 0.29) is 11.3 Å². The molecule has 4 rings (SSSR count). The van der Waals surface area contributed by atoms with Crippen LogP contribution in [-0.4, -0.2) is 16.9 Å². The molecule has 3 nitrogen and oxygen atoms in total. The summed E-state index contributed by atoms with van der Waals surface area (Å²) in [6, 6.07) is 6.20. The van der Waals surface area contributed by atoms with Gasteiger partial charge in [0.15, 0.2) is 0 Å². The minimum absolute atomic E-state index is 0.204. The third-order valence-electron chi connectivity index (χ3n) is 5.03. The molecule has 2 fully saturated rings. The van der Waals surface area contributed by atoms with Crippen LogP contribution in [0.25, 0.3) is 10.9 Å². The van der Waals surface area contributed by atoms with Gasteiger partial charge in [0.25, 0.3) is 0 Å². The summed E-state index contributed by atoms with van der Waals surface area (Å²) in [5, 5.41) is 5.07. The van der Waals surface area contributed by atoms with Crippen molar-refractivity contribution in [3.05, 3.63) is 35.0 Å². The van der Waals surface area contributed by atoms with Gasteiger partial charge in [-0.05, 0) is 49.4 Å². The number of benzene rings is 1. The maximum Gasteiger partial charge on any atom is 0.230 e. The molecule has 0 radical (unpaired) electrons. The molecular formula is C17H19ClN2O. The number of hydrogen-bond donors (Lipinski definition) is 2. The van der Waals surface area contributed by atoms with Gasteiger partial charge < -0.3 is 10.3 Å². The monoisotopic (exact) mass is 302 g/mol. The fourth-order valence-corrected chi connectivity index (χ4v) is 3.80. The van der Waals surface area contributed by atoms with Gasteiger partial charge in [-0.2, -0.15) is 0 Å². The molecule has 21 heavy (non-hydrogen) atoms. The van der Waals surface area contributed by atoms with Gasteiger partial charge in [0.05, 0.1) is 5.41 Å². The summed E-state index contributed by atoms with van der Waals surface area (Å²) in [5.41, 5.74) is 1.83. The first-order valence-corrected chi connectivity index (χ1v) is 8.15. The Bertz CT molecular complexity index is 696. The zero-order chi connectivity index (χ0) is 14.4. The summed E-state index contributed by atoms with van der Waals surface area (Å²) in [4.78, 5) is 16.0. The molecule has 2 aliphatic carbocycles. The number of halogens is 1. The van der Waals surface area contributed by atoms with Crippen LogP contribution in [-0.2, 0) is 10.2 Å². The largest absolute Gasteiger partial charge is 0.361 e. The number of nitrogens with one attached hydrogen (secondary N) is 2. The minimum Gasteiger partial charge on any atom is -0.361 e. The quantitative estimate of drug-likeness (QED) is 0.887. The molecule has 0 bridgehead atoms. The smallest absolute Gasteiger partial charge is 0.230 e. The predicted octanol–water partition coefficient (Wildman–Crippen LogP) is 3.91. The van der Waals surface area contributed by atoms with E-state index in [0.29, 0.717) is 6.04 Å². The lowest BCUT2D eigenvalue weighted by Gasteiger charge is -2.19. The predicted molar refractivity (Wildman–Crippen MR) is 84.6 cm³/mol. The van der Waals surface area contributed by atoms with Crippen LogP contribution in [0.1, 0.15) is 44.1 Å². The van der Waals surface area contributed by atoms with Gasteiger partial charge in [-0.3, -0.25) is 4.79 Å². The molecule has 1 aromatic carbocycles. The molecule has 1 amide bonds. The van der Waals surface area contributed by atoms with E-state index in [1.807, 2.05) is 24.4 Å². The number of carbonyl (C=O) groups is 1. The topological polar surface area (TPSA) is 44.9 Å². The number of rotatable bonds is 3.